The molecular weight excluding hydrogens is 364 g/mol. The Balaban J connectivity index is 1.47. The van der Waals surface area contributed by atoms with Gasteiger partial charge in [0.1, 0.15) is 0 Å². The van der Waals surface area contributed by atoms with Crippen molar-refractivity contribution in [1.82, 2.24) is 15.1 Å². The number of benzene rings is 1. The maximum absolute atomic E-state index is 11.2. The van der Waals surface area contributed by atoms with E-state index in [0.29, 0.717) is 18.4 Å². The van der Waals surface area contributed by atoms with Crippen molar-refractivity contribution >= 4 is 11.9 Å². The summed E-state index contributed by atoms with van der Waals surface area (Å²) in [6.07, 6.45) is 6.06. The predicted octanol–water partition coefficient (Wildman–Crippen LogP) is 2.89. The molecule has 0 saturated carbocycles. The van der Waals surface area contributed by atoms with Gasteiger partial charge in [-0.25, -0.2) is 0 Å². The number of hydrogen-bond acceptors (Lipinski definition) is 4. The third-order valence-corrected chi connectivity index (χ3v) is 6.24. The number of hydrogen-bond donors (Lipinski definition) is 1. The summed E-state index contributed by atoms with van der Waals surface area (Å²) in [6.45, 7) is 5.25. The van der Waals surface area contributed by atoms with Crippen LogP contribution >= 0.6 is 0 Å². The summed E-state index contributed by atoms with van der Waals surface area (Å²) < 4.78 is 4.70. The number of nitrogens with one attached hydrogen (secondary N) is 1. The van der Waals surface area contributed by atoms with E-state index in [1.165, 1.54) is 38.5 Å². The van der Waals surface area contributed by atoms with E-state index in [-0.39, 0.29) is 5.97 Å². The summed E-state index contributed by atoms with van der Waals surface area (Å²) in [5.74, 6) is 1.58. The second kappa shape index (κ2) is 11.2. The van der Waals surface area contributed by atoms with Gasteiger partial charge in [-0.15, -0.1) is 0 Å². The number of guanidine groups is 1. The summed E-state index contributed by atoms with van der Waals surface area (Å²) in [6, 6.07) is 11.5. The number of rotatable bonds is 7. The topological polar surface area (TPSA) is 57.2 Å². The smallest absolute Gasteiger partial charge is 0.305 e. The lowest BCUT2D eigenvalue weighted by atomic mass is 9.83. The molecule has 29 heavy (non-hydrogen) atoms. The first-order valence-corrected chi connectivity index (χ1v) is 11.0. The van der Waals surface area contributed by atoms with Crippen LogP contribution in [0.1, 0.15) is 44.1 Å². The lowest BCUT2D eigenvalue weighted by Crippen LogP contribution is -2.56. The van der Waals surface area contributed by atoms with Crippen LogP contribution in [0.3, 0.4) is 0 Å². The Morgan fingerprint density at radius 1 is 1.21 bits per heavy atom. The number of piperidine rings is 2. The Bertz CT molecular complexity index is 664. The molecule has 2 fully saturated rings. The van der Waals surface area contributed by atoms with Crippen molar-refractivity contribution in [1.29, 1.82) is 0 Å². The molecule has 0 radical (unpaired) electrons. The number of fused-ring (bicyclic) bond motifs is 1. The van der Waals surface area contributed by atoms with Gasteiger partial charge in [0, 0.05) is 45.7 Å². The minimum Gasteiger partial charge on any atom is -0.469 e. The van der Waals surface area contributed by atoms with Crippen LogP contribution in [-0.4, -0.2) is 68.1 Å². The number of likely N-dealkylation sites (tertiary alicyclic amines) is 2. The van der Waals surface area contributed by atoms with Gasteiger partial charge < -0.3 is 15.0 Å². The van der Waals surface area contributed by atoms with E-state index in [2.05, 4.69) is 50.4 Å². The molecule has 2 heterocycles. The second-order valence-electron chi connectivity index (χ2n) is 8.17. The maximum atomic E-state index is 11.2. The summed E-state index contributed by atoms with van der Waals surface area (Å²) in [4.78, 5) is 20.8. The van der Waals surface area contributed by atoms with Crippen LogP contribution in [0.15, 0.2) is 35.3 Å². The summed E-state index contributed by atoms with van der Waals surface area (Å²) >= 11 is 0. The van der Waals surface area contributed by atoms with Gasteiger partial charge in [-0.1, -0.05) is 30.3 Å². The fourth-order valence-electron chi connectivity index (χ4n) is 4.74. The Labute approximate surface area is 175 Å². The van der Waals surface area contributed by atoms with Gasteiger partial charge >= 0.3 is 5.97 Å². The van der Waals surface area contributed by atoms with Crippen LogP contribution in [0.5, 0.6) is 0 Å². The number of carbonyl (C=O) groups is 1. The minimum atomic E-state index is -0.131. The fraction of sp³-hybridized carbons (Fsp3) is 0.652. The first-order valence-electron chi connectivity index (χ1n) is 11.0. The van der Waals surface area contributed by atoms with Gasteiger partial charge in [0.15, 0.2) is 5.96 Å². The third kappa shape index (κ3) is 6.20. The van der Waals surface area contributed by atoms with Crippen molar-refractivity contribution < 1.29 is 9.53 Å². The van der Waals surface area contributed by atoms with Crippen LogP contribution in [0.25, 0.3) is 0 Å². The number of nitrogens with zero attached hydrogens (tertiary/aromatic N) is 3. The molecule has 2 atom stereocenters. The van der Waals surface area contributed by atoms with Crippen LogP contribution in [0, 0.1) is 5.92 Å². The SMILES string of the molecule is CN=C(NCCCCC(=O)OC)N1CCC2C(CCCN2Cc2ccccc2)C1. The van der Waals surface area contributed by atoms with Crippen LogP contribution in [0.4, 0.5) is 0 Å². The molecule has 1 aromatic rings. The van der Waals surface area contributed by atoms with Crippen molar-refractivity contribution in [3.05, 3.63) is 35.9 Å². The molecule has 1 aromatic carbocycles. The average molecular weight is 401 g/mol. The Morgan fingerprint density at radius 2 is 2.03 bits per heavy atom. The highest BCUT2D eigenvalue weighted by Gasteiger charge is 2.36. The highest BCUT2D eigenvalue weighted by molar-refractivity contribution is 5.80. The monoisotopic (exact) mass is 400 g/mol. The highest BCUT2D eigenvalue weighted by atomic mass is 16.5. The summed E-state index contributed by atoms with van der Waals surface area (Å²) in [5, 5.41) is 3.49. The minimum absolute atomic E-state index is 0.131. The predicted molar refractivity (Wildman–Crippen MR) is 117 cm³/mol. The molecule has 0 amide bonds. The van der Waals surface area contributed by atoms with E-state index in [1.54, 1.807) is 0 Å². The van der Waals surface area contributed by atoms with E-state index >= 15 is 0 Å². The van der Waals surface area contributed by atoms with Crippen LogP contribution in [-0.2, 0) is 16.1 Å². The fourth-order valence-corrected chi connectivity index (χ4v) is 4.74. The zero-order valence-corrected chi connectivity index (χ0v) is 18.0. The lowest BCUT2D eigenvalue weighted by molar-refractivity contribution is -0.140. The van der Waals surface area contributed by atoms with Gasteiger partial charge in [-0.3, -0.25) is 14.7 Å². The second-order valence-corrected chi connectivity index (χ2v) is 8.17. The largest absolute Gasteiger partial charge is 0.469 e. The molecular formula is C23H36N4O2. The molecule has 2 saturated heterocycles. The average Bonchev–Trinajstić information content (AvgIpc) is 2.76. The normalized spacial score (nSPS) is 22.8. The number of methoxy groups -OCH3 is 1. The first kappa shape index (κ1) is 21.6. The molecule has 0 aromatic heterocycles. The number of esters is 1. The highest BCUT2D eigenvalue weighted by Crippen LogP contribution is 2.31. The van der Waals surface area contributed by atoms with E-state index in [1.807, 2.05) is 7.05 Å². The number of unbranched alkanes of at least 4 members (excludes halogenated alkanes) is 1. The van der Waals surface area contributed by atoms with E-state index in [4.69, 9.17) is 4.74 Å². The number of ether oxygens (including phenoxy) is 1. The number of aliphatic imine (C=N–C) groups is 1. The zero-order valence-electron chi connectivity index (χ0n) is 18.0. The Kier molecular flexibility index (Phi) is 8.35. The Morgan fingerprint density at radius 3 is 2.79 bits per heavy atom. The van der Waals surface area contributed by atoms with Crippen LogP contribution < -0.4 is 5.32 Å². The van der Waals surface area contributed by atoms with Crippen molar-refractivity contribution in [2.45, 2.75) is 51.1 Å². The van der Waals surface area contributed by atoms with Crippen molar-refractivity contribution in [3.63, 3.8) is 0 Å². The third-order valence-electron chi connectivity index (χ3n) is 6.24. The van der Waals surface area contributed by atoms with Crippen molar-refractivity contribution in [2.75, 3.05) is 40.3 Å². The Hall–Kier alpha value is -2.08. The van der Waals surface area contributed by atoms with Crippen molar-refractivity contribution in [2.24, 2.45) is 10.9 Å². The van der Waals surface area contributed by atoms with Gasteiger partial charge in [-0.2, -0.15) is 0 Å². The molecule has 6 nitrogen and oxygen atoms in total. The summed E-state index contributed by atoms with van der Waals surface area (Å²) in [5.41, 5.74) is 1.42. The molecule has 2 aliphatic heterocycles. The van der Waals surface area contributed by atoms with Gasteiger partial charge in [0.2, 0.25) is 0 Å². The lowest BCUT2D eigenvalue weighted by Gasteiger charge is -2.48. The standard InChI is InChI=1S/C23H36N4O2/c1-24-23(25-14-7-6-12-22(28)29-2)27-16-13-21-20(18-27)11-8-15-26(21)17-19-9-4-3-5-10-19/h3-5,9-10,20-21H,6-8,11-18H2,1-2H3,(H,24,25). The quantitative estimate of drug-likeness (QED) is 0.330. The molecule has 0 spiro atoms. The van der Waals surface area contributed by atoms with E-state index in [9.17, 15) is 4.79 Å². The van der Waals surface area contributed by atoms with Gasteiger partial charge in [0.05, 0.1) is 7.11 Å². The molecule has 0 bridgehead atoms. The van der Waals surface area contributed by atoms with E-state index in [0.717, 1.165) is 45.0 Å². The molecule has 6 heteroatoms. The maximum Gasteiger partial charge on any atom is 0.305 e. The zero-order chi connectivity index (χ0) is 20.5. The molecule has 160 valence electrons. The molecule has 3 rings (SSSR count). The molecule has 2 aliphatic rings. The molecule has 0 aliphatic carbocycles. The van der Waals surface area contributed by atoms with Gasteiger partial charge in [0.25, 0.3) is 0 Å². The van der Waals surface area contributed by atoms with Gasteiger partial charge in [-0.05, 0) is 50.1 Å². The molecule has 1 N–H and O–H groups in total. The van der Waals surface area contributed by atoms with Crippen molar-refractivity contribution in [3.8, 4) is 0 Å². The summed E-state index contributed by atoms with van der Waals surface area (Å²) in [7, 11) is 3.31. The van der Waals surface area contributed by atoms with E-state index < -0.39 is 0 Å². The number of carbonyl (C=O) groups excluding carboxylic acids is 1. The first-order chi connectivity index (χ1) is 14.2. The van der Waals surface area contributed by atoms with Crippen LogP contribution in [0.2, 0.25) is 0 Å². The molecule has 2 unspecified atom stereocenters.